The molecule has 3 heterocycles. The van der Waals surface area contributed by atoms with E-state index in [2.05, 4.69) is 33.9 Å². The van der Waals surface area contributed by atoms with Gasteiger partial charge in [-0.2, -0.15) is 0 Å². The Hall–Kier alpha value is -4.02. The molecule has 1 aromatic heterocycles. The second kappa shape index (κ2) is 9.46. The Bertz CT molecular complexity index is 1240. The van der Waals surface area contributed by atoms with E-state index in [-0.39, 0.29) is 48.7 Å². The van der Waals surface area contributed by atoms with Crippen molar-refractivity contribution < 1.29 is 14.7 Å². The predicted octanol–water partition coefficient (Wildman–Crippen LogP) is 1.88. The lowest BCUT2D eigenvalue weighted by Crippen LogP contribution is -2.73. The summed E-state index contributed by atoms with van der Waals surface area (Å²) in [6, 6.07) is 17.6. The minimum atomic E-state index is -0.309. The predicted molar refractivity (Wildman–Crippen MR) is 126 cm³/mol. The van der Waals surface area contributed by atoms with Gasteiger partial charge >= 0.3 is 0 Å². The van der Waals surface area contributed by atoms with Gasteiger partial charge in [-0.15, -0.1) is 0 Å². The van der Waals surface area contributed by atoms with Crippen LogP contribution in [0.1, 0.15) is 33.1 Å². The largest absolute Gasteiger partial charge is 0.394 e. The molecule has 0 unspecified atom stereocenters. The van der Waals surface area contributed by atoms with E-state index in [1.165, 1.54) is 29.1 Å². The first-order valence-corrected chi connectivity index (χ1v) is 11.3. The van der Waals surface area contributed by atoms with Crippen LogP contribution in [0.4, 0.5) is 0 Å². The first-order valence-electron chi connectivity index (χ1n) is 11.3. The van der Waals surface area contributed by atoms with Crippen molar-refractivity contribution >= 4 is 11.8 Å². The minimum Gasteiger partial charge on any atom is -0.394 e. The number of aliphatic hydroxyl groups excluding tert-OH is 1. The van der Waals surface area contributed by atoms with Crippen molar-refractivity contribution in [3.05, 3.63) is 95.6 Å². The molecule has 7 heteroatoms. The van der Waals surface area contributed by atoms with Gasteiger partial charge in [0.05, 0.1) is 24.9 Å². The average Bonchev–Trinajstić information content (AvgIpc) is 2.87. The molecule has 2 amide bonds. The molecule has 5 rings (SSSR count). The Morgan fingerprint density at radius 1 is 1.09 bits per heavy atom. The third-order valence-electron chi connectivity index (χ3n) is 6.49. The van der Waals surface area contributed by atoms with Gasteiger partial charge in [0.25, 0.3) is 5.91 Å². The van der Waals surface area contributed by atoms with Crippen LogP contribution in [-0.2, 0) is 11.2 Å². The highest BCUT2D eigenvalue weighted by atomic mass is 16.3. The number of rotatable bonds is 4. The van der Waals surface area contributed by atoms with Crippen LogP contribution in [0, 0.1) is 11.8 Å². The maximum absolute atomic E-state index is 12.9. The van der Waals surface area contributed by atoms with Gasteiger partial charge in [0.2, 0.25) is 5.91 Å². The van der Waals surface area contributed by atoms with Crippen molar-refractivity contribution in [2.24, 2.45) is 0 Å². The quantitative estimate of drug-likeness (QED) is 0.611. The monoisotopic (exact) mass is 452 g/mol. The number of benzene rings is 2. The topological polar surface area (TPSA) is 86.6 Å². The van der Waals surface area contributed by atoms with E-state index < -0.39 is 0 Å². The number of aliphatic hydroxyl groups is 1. The molecule has 2 aliphatic heterocycles. The van der Waals surface area contributed by atoms with E-state index in [9.17, 15) is 14.7 Å². The number of fused-ring (bicyclic) bond motifs is 1. The number of piperazine rings is 1. The molecular formula is C27H24N4O3. The molecule has 1 N–H and O–H groups in total. The highest BCUT2D eigenvalue weighted by Crippen LogP contribution is 2.43. The fourth-order valence-corrected chi connectivity index (χ4v) is 4.86. The van der Waals surface area contributed by atoms with E-state index in [1.54, 1.807) is 4.90 Å². The summed E-state index contributed by atoms with van der Waals surface area (Å²) in [5, 5.41) is 9.99. The number of carbonyl (C=O) groups excluding carboxylic acids is 2. The van der Waals surface area contributed by atoms with Crippen molar-refractivity contribution in [2.45, 2.75) is 24.4 Å². The zero-order valence-electron chi connectivity index (χ0n) is 18.5. The minimum absolute atomic E-state index is 0.0227. The first kappa shape index (κ1) is 21.8. The van der Waals surface area contributed by atoms with Gasteiger partial charge < -0.3 is 14.9 Å². The Labute approximate surface area is 198 Å². The van der Waals surface area contributed by atoms with Crippen molar-refractivity contribution in [1.82, 2.24) is 19.8 Å². The lowest BCUT2D eigenvalue weighted by Gasteiger charge is -2.58. The van der Waals surface area contributed by atoms with Crippen molar-refractivity contribution in [3.63, 3.8) is 0 Å². The first-order chi connectivity index (χ1) is 16.7. The SMILES string of the molecule is O=C(c1cnccn1)N1CC(=O)N2[C@H](CO)[C@@H](c3ccc(C#CCc4ccccc4)cc3)[C@@H]2C1. The molecule has 0 bridgehead atoms. The van der Waals surface area contributed by atoms with Gasteiger partial charge in [0.1, 0.15) is 12.2 Å². The molecule has 2 saturated heterocycles. The van der Waals surface area contributed by atoms with E-state index in [0.29, 0.717) is 13.0 Å². The van der Waals surface area contributed by atoms with Crippen molar-refractivity contribution in [1.29, 1.82) is 0 Å². The van der Waals surface area contributed by atoms with Gasteiger partial charge in [0.15, 0.2) is 0 Å². The van der Waals surface area contributed by atoms with Crippen LogP contribution >= 0.6 is 0 Å². The van der Waals surface area contributed by atoms with E-state index >= 15 is 0 Å². The lowest BCUT2D eigenvalue weighted by atomic mass is 9.73. The number of aromatic nitrogens is 2. The molecule has 0 saturated carbocycles. The summed E-state index contributed by atoms with van der Waals surface area (Å²) in [5.41, 5.74) is 3.33. The zero-order valence-corrected chi connectivity index (χ0v) is 18.5. The van der Waals surface area contributed by atoms with Gasteiger partial charge in [-0.05, 0) is 23.3 Å². The highest BCUT2D eigenvalue weighted by Gasteiger charge is 2.54. The van der Waals surface area contributed by atoms with Crippen LogP contribution in [0.3, 0.4) is 0 Å². The highest BCUT2D eigenvalue weighted by molar-refractivity contribution is 5.96. The van der Waals surface area contributed by atoms with E-state index in [1.807, 2.05) is 42.5 Å². The summed E-state index contributed by atoms with van der Waals surface area (Å²) in [4.78, 5) is 36.9. The third-order valence-corrected chi connectivity index (χ3v) is 6.49. The maximum atomic E-state index is 12.9. The molecule has 0 radical (unpaired) electrons. The summed E-state index contributed by atoms with van der Waals surface area (Å²) < 4.78 is 0. The van der Waals surface area contributed by atoms with Crippen LogP contribution < -0.4 is 0 Å². The van der Waals surface area contributed by atoms with Crippen molar-refractivity contribution in [2.75, 3.05) is 19.7 Å². The van der Waals surface area contributed by atoms with Gasteiger partial charge in [-0.3, -0.25) is 14.6 Å². The molecular weight excluding hydrogens is 428 g/mol. The van der Waals surface area contributed by atoms with Crippen LogP contribution in [0.5, 0.6) is 0 Å². The zero-order chi connectivity index (χ0) is 23.5. The van der Waals surface area contributed by atoms with Crippen LogP contribution in [0.2, 0.25) is 0 Å². The second-order valence-electron chi connectivity index (χ2n) is 8.51. The number of amides is 2. The Balaban J connectivity index is 1.31. The standard InChI is InChI=1S/C27H24N4O3/c32-18-24-26(21-11-9-20(10-12-21)8-4-7-19-5-2-1-3-6-19)23-16-30(17-25(33)31(23)24)27(34)22-15-28-13-14-29-22/h1-3,5-6,9-15,23-24,26,32H,7,16-18H2/t23-,24+,26-/m0/s1. The molecule has 0 spiro atoms. The van der Waals surface area contributed by atoms with Crippen LogP contribution in [0.25, 0.3) is 0 Å². The molecule has 170 valence electrons. The van der Waals surface area contributed by atoms with E-state index in [0.717, 1.165) is 11.1 Å². The van der Waals surface area contributed by atoms with Crippen LogP contribution in [0.15, 0.2) is 73.2 Å². The molecule has 3 aromatic rings. The molecule has 7 nitrogen and oxygen atoms in total. The van der Waals surface area contributed by atoms with Crippen molar-refractivity contribution in [3.8, 4) is 11.8 Å². The molecule has 2 aliphatic rings. The fourth-order valence-electron chi connectivity index (χ4n) is 4.86. The number of nitrogens with zero attached hydrogens (tertiary/aromatic N) is 4. The summed E-state index contributed by atoms with van der Waals surface area (Å²) in [5.74, 6) is 5.87. The fraction of sp³-hybridized carbons (Fsp3) is 0.259. The van der Waals surface area contributed by atoms with E-state index in [4.69, 9.17) is 0 Å². The normalized spacial score (nSPS) is 21.2. The summed E-state index contributed by atoms with van der Waals surface area (Å²) in [7, 11) is 0. The number of carbonyl (C=O) groups is 2. The summed E-state index contributed by atoms with van der Waals surface area (Å²) >= 11 is 0. The second-order valence-corrected chi connectivity index (χ2v) is 8.51. The van der Waals surface area contributed by atoms with Crippen LogP contribution in [-0.4, -0.2) is 68.5 Å². The van der Waals surface area contributed by atoms with Gasteiger partial charge in [-0.1, -0.05) is 54.3 Å². The Kier molecular flexibility index (Phi) is 6.07. The third kappa shape index (κ3) is 4.16. The summed E-state index contributed by atoms with van der Waals surface area (Å²) in [6.07, 6.45) is 5.06. The average molecular weight is 453 g/mol. The molecule has 2 aromatic carbocycles. The number of hydrogen-bond acceptors (Lipinski definition) is 5. The summed E-state index contributed by atoms with van der Waals surface area (Å²) in [6.45, 7) is 0.246. The maximum Gasteiger partial charge on any atom is 0.274 e. The molecule has 34 heavy (non-hydrogen) atoms. The molecule has 0 aliphatic carbocycles. The Morgan fingerprint density at radius 2 is 1.88 bits per heavy atom. The Morgan fingerprint density at radius 3 is 2.59 bits per heavy atom. The lowest BCUT2D eigenvalue weighted by molar-refractivity contribution is -0.159. The molecule has 3 atom stereocenters. The smallest absolute Gasteiger partial charge is 0.274 e. The van der Waals surface area contributed by atoms with Gasteiger partial charge in [0, 0.05) is 36.8 Å². The number of hydrogen-bond donors (Lipinski definition) is 1. The molecule has 2 fully saturated rings. The van der Waals surface area contributed by atoms with Gasteiger partial charge in [-0.25, -0.2) is 4.98 Å².